The van der Waals surface area contributed by atoms with Gasteiger partial charge in [0.2, 0.25) is 0 Å². The first kappa shape index (κ1) is 16.0. The van der Waals surface area contributed by atoms with E-state index >= 15 is 0 Å². The van der Waals surface area contributed by atoms with Crippen LogP contribution in [-0.4, -0.2) is 14.8 Å². The van der Waals surface area contributed by atoms with Crippen LogP contribution in [0.15, 0.2) is 54.8 Å². The zero-order chi connectivity index (χ0) is 15.9. The largest absolute Gasteiger partial charge is 0.237 e. The Bertz CT molecular complexity index is 701. The van der Waals surface area contributed by atoms with E-state index < -0.39 is 0 Å². The molecular weight excluding hydrogens is 270 g/mol. The highest BCUT2D eigenvalue weighted by molar-refractivity contribution is 5.74. The minimum Gasteiger partial charge on any atom is -0.237 e. The summed E-state index contributed by atoms with van der Waals surface area (Å²) >= 11 is 0. The van der Waals surface area contributed by atoms with Crippen molar-refractivity contribution in [2.24, 2.45) is 0 Å². The highest BCUT2D eigenvalue weighted by Crippen LogP contribution is 2.22. The van der Waals surface area contributed by atoms with Gasteiger partial charge in [0.05, 0.1) is 11.4 Å². The summed E-state index contributed by atoms with van der Waals surface area (Å²) in [5, 5.41) is 4.57. The lowest BCUT2D eigenvalue weighted by Gasteiger charge is -2.07. The smallest absolute Gasteiger partial charge is 0.153 e. The number of allylic oxidation sites excluding steroid dienone is 6. The first-order valence-corrected chi connectivity index (χ1v) is 7.77. The van der Waals surface area contributed by atoms with Crippen molar-refractivity contribution in [2.75, 3.05) is 0 Å². The Balaban J connectivity index is 0.000000847. The van der Waals surface area contributed by atoms with Gasteiger partial charge in [-0.2, -0.15) is 5.10 Å². The normalized spacial score (nSPS) is 13.2. The average Bonchev–Trinajstić information content (AvgIpc) is 2.76. The number of hydrogen-bond donors (Lipinski definition) is 0. The van der Waals surface area contributed by atoms with E-state index in [9.17, 15) is 0 Å². The zero-order valence-electron chi connectivity index (χ0n) is 13.7. The minimum absolute atomic E-state index is 0.848. The van der Waals surface area contributed by atoms with E-state index in [1.54, 1.807) is 0 Å². The average molecular weight is 293 g/mol. The summed E-state index contributed by atoms with van der Waals surface area (Å²) < 4.78 is 1.91. The summed E-state index contributed by atoms with van der Waals surface area (Å²) in [7, 11) is 0. The molecule has 0 N–H and O–H groups in total. The van der Waals surface area contributed by atoms with Crippen LogP contribution in [0.1, 0.15) is 37.2 Å². The molecule has 0 saturated carbocycles. The molecule has 2 heterocycles. The SMILES string of the molecule is CC.Cc1ccc(-n2nc(C)cc2C2=CC=CCC=C2)nc1. The number of rotatable bonds is 2. The molecule has 0 aliphatic heterocycles. The summed E-state index contributed by atoms with van der Waals surface area (Å²) in [6.07, 6.45) is 13.5. The highest BCUT2D eigenvalue weighted by Gasteiger charge is 2.11. The fraction of sp³-hybridized carbons (Fsp3) is 0.263. The molecule has 0 amide bonds. The van der Waals surface area contributed by atoms with Crippen LogP contribution in [-0.2, 0) is 0 Å². The third-order valence-electron chi connectivity index (χ3n) is 3.22. The molecule has 1 aliphatic rings. The quantitative estimate of drug-likeness (QED) is 0.795. The van der Waals surface area contributed by atoms with Crippen molar-refractivity contribution in [1.29, 1.82) is 0 Å². The molecule has 0 aromatic carbocycles. The Morgan fingerprint density at radius 3 is 2.64 bits per heavy atom. The van der Waals surface area contributed by atoms with Gasteiger partial charge in [0.1, 0.15) is 0 Å². The van der Waals surface area contributed by atoms with Crippen molar-refractivity contribution in [2.45, 2.75) is 34.1 Å². The van der Waals surface area contributed by atoms with Crippen molar-refractivity contribution < 1.29 is 0 Å². The predicted molar refractivity (Wildman–Crippen MR) is 93.1 cm³/mol. The molecule has 3 nitrogen and oxygen atoms in total. The lowest BCUT2D eigenvalue weighted by atomic mass is 10.1. The van der Waals surface area contributed by atoms with Crippen LogP contribution < -0.4 is 0 Å². The van der Waals surface area contributed by atoms with Gasteiger partial charge in [-0.3, -0.25) is 0 Å². The van der Waals surface area contributed by atoms with E-state index in [4.69, 9.17) is 0 Å². The molecular formula is C19H23N3. The van der Waals surface area contributed by atoms with Crippen LogP contribution in [0.2, 0.25) is 0 Å². The molecule has 0 spiro atoms. The van der Waals surface area contributed by atoms with Gasteiger partial charge in [-0.1, -0.05) is 50.3 Å². The lowest BCUT2D eigenvalue weighted by Crippen LogP contribution is -2.03. The fourth-order valence-electron chi connectivity index (χ4n) is 2.22. The Morgan fingerprint density at radius 1 is 1.09 bits per heavy atom. The molecule has 3 rings (SSSR count). The van der Waals surface area contributed by atoms with Crippen molar-refractivity contribution in [3.05, 3.63) is 71.7 Å². The molecule has 0 bridgehead atoms. The first-order valence-electron chi connectivity index (χ1n) is 7.77. The van der Waals surface area contributed by atoms with Crippen LogP contribution in [0.4, 0.5) is 0 Å². The fourth-order valence-corrected chi connectivity index (χ4v) is 2.22. The Morgan fingerprint density at radius 2 is 1.91 bits per heavy atom. The number of nitrogens with zero attached hydrogens (tertiary/aromatic N) is 3. The second kappa shape index (κ2) is 7.55. The van der Waals surface area contributed by atoms with Gasteiger partial charge in [0, 0.05) is 11.8 Å². The molecule has 0 saturated heterocycles. The molecule has 0 atom stereocenters. The first-order chi connectivity index (χ1) is 10.7. The van der Waals surface area contributed by atoms with E-state index in [0.717, 1.165) is 34.8 Å². The zero-order valence-corrected chi connectivity index (χ0v) is 13.7. The summed E-state index contributed by atoms with van der Waals surface area (Å²) in [5.74, 6) is 0.848. The number of pyridine rings is 1. The van der Waals surface area contributed by atoms with Crippen molar-refractivity contribution in [1.82, 2.24) is 14.8 Å². The third kappa shape index (κ3) is 3.61. The number of aryl methyl sites for hydroxylation is 2. The molecule has 0 radical (unpaired) electrons. The monoisotopic (exact) mass is 293 g/mol. The summed E-state index contributed by atoms with van der Waals surface area (Å²) in [6, 6.07) is 6.15. The molecule has 3 heteroatoms. The molecule has 22 heavy (non-hydrogen) atoms. The second-order valence-corrected chi connectivity index (χ2v) is 4.96. The van der Waals surface area contributed by atoms with Gasteiger partial charge in [0.25, 0.3) is 0 Å². The van der Waals surface area contributed by atoms with E-state index in [0.29, 0.717) is 0 Å². The van der Waals surface area contributed by atoms with Gasteiger partial charge in [-0.05, 0) is 38.0 Å². The molecule has 0 fully saturated rings. The molecule has 1 aliphatic carbocycles. The van der Waals surface area contributed by atoms with E-state index in [1.165, 1.54) is 0 Å². The topological polar surface area (TPSA) is 30.7 Å². The maximum Gasteiger partial charge on any atom is 0.153 e. The standard InChI is InChI=1S/C17H17N3.C2H6/c1-13-9-10-17(18-12-13)20-16(11-14(2)19-20)15-7-5-3-4-6-8-15;1-2/h3,5-12H,4H2,1-2H3;1-2H3. The van der Waals surface area contributed by atoms with Gasteiger partial charge >= 0.3 is 0 Å². The Hall–Kier alpha value is -2.42. The molecule has 0 unspecified atom stereocenters. The van der Waals surface area contributed by atoms with Gasteiger partial charge in [-0.15, -0.1) is 0 Å². The summed E-state index contributed by atoms with van der Waals surface area (Å²) in [5.41, 5.74) is 4.36. The van der Waals surface area contributed by atoms with Crippen molar-refractivity contribution in [3.8, 4) is 5.82 Å². The summed E-state index contributed by atoms with van der Waals surface area (Å²) in [6.45, 7) is 8.04. The van der Waals surface area contributed by atoms with Crippen molar-refractivity contribution in [3.63, 3.8) is 0 Å². The maximum absolute atomic E-state index is 4.57. The molecule has 2 aromatic rings. The third-order valence-corrected chi connectivity index (χ3v) is 3.22. The van der Waals surface area contributed by atoms with E-state index in [1.807, 2.05) is 44.6 Å². The van der Waals surface area contributed by atoms with Crippen LogP contribution in [0.5, 0.6) is 0 Å². The predicted octanol–water partition coefficient (Wildman–Crippen LogP) is 4.81. The minimum atomic E-state index is 0.848. The van der Waals surface area contributed by atoms with Crippen LogP contribution in [0, 0.1) is 13.8 Å². The van der Waals surface area contributed by atoms with Gasteiger partial charge in [0.15, 0.2) is 5.82 Å². The van der Waals surface area contributed by atoms with Crippen molar-refractivity contribution >= 4 is 5.57 Å². The maximum atomic E-state index is 4.57. The Kier molecular flexibility index (Phi) is 5.48. The van der Waals surface area contributed by atoms with Gasteiger partial charge in [-0.25, -0.2) is 9.67 Å². The molecule has 2 aromatic heterocycles. The Labute approximate surface area is 132 Å². The van der Waals surface area contributed by atoms with Crippen LogP contribution >= 0.6 is 0 Å². The van der Waals surface area contributed by atoms with E-state index in [-0.39, 0.29) is 0 Å². The molecule has 114 valence electrons. The lowest BCUT2D eigenvalue weighted by molar-refractivity contribution is 0.821. The summed E-state index contributed by atoms with van der Waals surface area (Å²) in [4.78, 5) is 4.47. The van der Waals surface area contributed by atoms with E-state index in [2.05, 4.69) is 52.6 Å². The van der Waals surface area contributed by atoms with Crippen LogP contribution in [0.25, 0.3) is 11.4 Å². The highest BCUT2D eigenvalue weighted by atomic mass is 15.3. The number of aromatic nitrogens is 3. The van der Waals surface area contributed by atoms with Crippen LogP contribution in [0.3, 0.4) is 0 Å². The number of hydrogen-bond acceptors (Lipinski definition) is 2. The second-order valence-electron chi connectivity index (χ2n) is 4.96. The van der Waals surface area contributed by atoms with Gasteiger partial charge < -0.3 is 0 Å².